The molecule has 0 fully saturated rings. The van der Waals surface area contributed by atoms with Crippen LogP contribution in [0.3, 0.4) is 0 Å². The lowest BCUT2D eigenvalue weighted by atomic mass is 9.97. The van der Waals surface area contributed by atoms with Crippen LogP contribution in [0.4, 0.5) is 0 Å². The fourth-order valence-electron chi connectivity index (χ4n) is 4.28. The number of amidine groups is 1. The Morgan fingerprint density at radius 2 is 1.21 bits per heavy atom. The van der Waals surface area contributed by atoms with Gasteiger partial charge >= 0.3 is 0 Å². The maximum absolute atomic E-state index is 4.84. The molecule has 0 bridgehead atoms. The number of nitrogens with one attached hydrogen (secondary N) is 1. The van der Waals surface area contributed by atoms with Crippen molar-refractivity contribution in [2.75, 3.05) is 26.2 Å². The molecule has 1 aliphatic rings. The Morgan fingerprint density at radius 3 is 1.64 bits per heavy atom. The van der Waals surface area contributed by atoms with E-state index in [-0.39, 0.29) is 5.54 Å². The zero-order valence-corrected chi connectivity index (χ0v) is 19.8. The Bertz CT molecular complexity index is 371. The van der Waals surface area contributed by atoms with Crippen molar-refractivity contribution in [3.8, 4) is 0 Å². The molecule has 0 spiro atoms. The van der Waals surface area contributed by atoms with Gasteiger partial charge in [-0.1, -0.05) is 90.9 Å². The predicted molar refractivity (Wildman–Crippen MR) is 127 cm³/mol. The van der Waals surface area contributed by atoms with Crippen molar-refractivity contribution in [2.24, 2.45) is 4.99 Å². The highest BCUT2D eigenvalue weighted by atomic mass is 15.2. The van der Waals surface area contributed by atoms with Crippen LogP contribution < -0.4 is 5.32 Å². The molecule has 28 heavy (non-hydrogen) atoms. The van der Waals surface area contributed by atoms with E-state index in [9.17, 15) is 0 Å². The van der Waals surface area contributed by atoms with Crippen LogP contribution in [0, 0.1) is 0 Å². The van der Waals surface area contributed by atoms with E-state index in [1.807, 2.05) is 0 Å². The van der Waals surface area contributed by atoms with E-state index in [1.165, 1.54) is 115 Å². The molecule has 0 aromatic rings. The number of hydrogen-bond acceptors (Lipinski definition) is 3. The molecule has 1 rings (SSSR count). The van der Waals surface area contributed by atoms with Crippen LogP contribution in [0.5, 0.6) is 0 Å². The average Bonchev–Trinajstić information content (AvgIpc) is 2.71. The third-order valence-corrected chi connectivity index (χ3v) is 6.33. The highest BCUT2D eigenvalue weighted by Crippen LogP contribution is 2.20. The number of nitrogens with zero attached hydrogens (tertiary/aromatic N) is 2. The minimum atomic E-state index is 0.0465. The van der Waals surface area contributed by atoms with Gasteiger partial charge in [-0.2, -0.15) is 0 Å². The van der Waals surface area contributed by atoms with Gasteiger partial charge in [0, 0.05) is 13.1 Å². The summed E-state index contributed by atoms with van der Waals surface area (Å²) >= 11 is 0. The van der Waals surface area contributed by atoms with Gasteiger partial charge in [-0.05, 0) is 46.2 Å². The van der Waals surface area contributed by atoms with Crippen molar-refractivity contribution in [3.05, 3.63) is 0 Å². The summed E-state index contributed by atoms with van der Waals surface area (Å²) < 4.78 is 0. The highest BCUT2D eigenvalue weighted by molar-refractivity contribution is 5.91. The maximum Gasteiger partial charge on any atom is 0.116 e. The predicted octanol–water partition coefficient (Wildman–Crippen LogP) is 6.96. The third-order valence-electron chi connectivity index (χ3n) is 6.33. The van der Waals surface area contributed by atoms with E-state index in [0.717, 1.165) is 13.1 Å². The van der Waals surface area contributed by atoms with Crippen LogP contribution in [0.2, 0.25) is 0 Å². The molecule has 0 aromatic heterocycles. The molecule has 0 saturated carbocycles. The van der Waals surface area contributed by atoms with Crippen molar-refractivity contribution in [2.45, 2.75) is 130 Å². The zero-order valence-electron chi connectivity index (χ0n) is 19.8. The molecule has 3 heteroatoms. The van der Waals surface area contributed by atoms with Crippen molar-refractivity contribution in [3.63, 3.8) is 0 Å². The Labute approximate surface area is 177 Å². The monoisotopic (exact) mass is 393 g/mol. The molecule has 1 aliphatic heterocycles. The first-order valence-corrected chi connectivity index (χ1v) is 12.7. The van der Waals surface area contributed by atoms with Crippen LogP contribution in [0.25, 0.3) is 0 Å². The van der Waals surface area contributed by atoms with Crippen LogP contribution >= 0.6 is 0 Å². The molecule has 0 radical (unpaired) electrons. The van der Waals surface area contributed by atoms with Crippen molar-refractivity contribution in [1.82, 2.24) is 10.2 Å². The second kappa shape index (κ2) is 16.3. The van der Waals surface area contributed by atoms with Crippen molar-refractivity contribution in [1.29, 1.82) is 0 Å². The quantitative estimate of drug-likeness (QED) is 0.255. The van der Waals surface area contributed by atoms with E-state index in [1.54, 1.807) is 0 Å². The molecule has 0 amide bonds. The molecule has 1 N–H and O–H groups in total. The second-order valence-corrected chi connectivity index (χ2v) is 9.30. The number of rotatable bonds is 18. The van der Waals surface area contributed by atoms with Gasteiger partial charge in [0.05, 0.1) is 5.54 Å². The first-order chi connectivity index (χ1) is 13.6. The van der Waals surface area contributed by atoms with Gasteiger partial charge in [-0.25, -0.2) is 0 Å². The summed E-state index contributed by atoms with van der Waals surface area (Å²) in [5, 5.41) is 3.60. The Kier molecular flexibility index (Phi) is 14.8. The normalized spacial score (nSPS) is 15.0. The van der Waals surface area contributed by atoms with Gasteiger partial charge in [-0.15, -0.1) is 0 Å². The molecule has 3 nitrogen and oxygen atoms in total. The molecule has 0 aliphatic carbocycles. The molecule has 0 aromatic carbocycles. The van der Waals surface area contributed by atoms with Crippen LogP contribution in [-0.2, 0) is 0 Å². The maximum atomic E-state index is 4.84. The topological polar surface area (TPSA) is 27.6 Å². The van der Waals surface area contributed by atoms with E-state index in [0.29, 0.717) is 0 Å². The van der Waals surface area contributed by atoms with Gasteiger partial charge in [0.2, 0.25) is 0 Å². The molecule has 1 heterocycles. The van der Waals surface area contributed by atoms with E-state index in [2.05, 4.69) is 37.9 Å². The fourth-order valence-corrected chi connectivity index (χ4v) is 4.28. The van der Waals surface area contributed by atoms with Crippen molar-refractivity contribution < 1.29 is 0 Å². The minimum absolute atomic E-state index is 0.0465. The number of unbranched alkanes of at least 4 members (excludes halogenated alkanes) is 12. The summed E-state index contributed by atoms with van der Waals surface area (Å²) in [6.07, 6.45) is 20.6. The standard InChI is InChI=1S/C25H51N3/c1-5-7-9-11-13-15-17-22-28(23-18-16-14-12-10-8-6-2)25(3,4)24-26-20-19-21-27-24/h5-23H2,1-4H3,(H,26,27). The smallest absolute Gasteiger partial charge is 0.116 e. The summed E-state index contributed by atoms with van der Waals surface area (Å²) in [6, 6.07) is 0. The summed E-state index contributed by atoms with van der Waals surface area (Å²) in [7, 11) is 0. The summed E-state index contributed by atoms with van der Waals surface area (Å²) in [6.45, 7) is 13.9. The van der Waals surface area contributed by atoms with Gasteiger partial charge < -0.3 is 5.32 Å². The van der Waals surface area contributed by atoms with Gasteiger partial charge in [-0.3, -0.25) is 9.89 Å². The lowest BCUT2D eigenvalue weighted by Crippen LogP contribution is -2.56. The third kappa shape index (κ3) is 10.8. The van der Waals surface area contributed by atoms with Crippen LogP contribution in [0.15, 0.2) is 4.99 Å². The first-order valence-electron chi connectivity index (χ1n) is 12.7. The van der Waals surface area contributed by atoms with Crippen LogP contribution in [0.1, 0.15) is 124 Å². The SMILES string of the molecule is CCCCCCCCCN(CCCCCCCCC)C(C)(C)C1=NCCCN1. The largest absolute Gasteiger partial charge is 0.372 e. The zero-order chi connectivity index (χ0) is 20.5. The fraction of sp³-hybridized carbons (Fsp3) is 0.960. The lowest BCUT2D eigenvalue weighted by Gasteiger charge is -2.41. The van der Waals surface area contributed by atoms with Crippen molar-refractivity contribution >= 4 is 5.84 Å². The molecule has 0 saturated heterocycles. The lowest BCUT2D eigenvalue weighted by molar-refractivity contribution is 0.165. The molecular weight excluding hydrogens is 342 g/mol. The van der Waals surface area contributed by atoms with Crippen LogP contribution in [-0.4, -0.2) is 42.5 Å². The van der Waals surface area contributed by atoms with Gasteiger partial charge in [0.15, 0.2) is 0 Å². The molecule has 0 atom stereocenters. The minimum Gasteiger partial charge on any atom is -0.372 e. The average molecular weight is 394 g/mol. The van der Waals surface area contributed by atoms with E-state index in [4.69, 9.17) is 4.99 Å². The molecule has 166 valence electrons. The Balaban J connectivity index is 2.41. The van der Waals surface area contributed by atoms with E-state index < -0.39 is 0 Å². The summed E-state index contributed by atoms with van der Waals surface area (Å²) in [5.41, 5.74) is 0.0465. The molecule has 0 unspecified atom stereocenters. The Morgan fingerprint density at radius 1 is 0.750 bits per heavy atom. The summed E-state index contributed by atoms with van der Waals surface area (Å²) in [5.74, 6) is 1.23. The number of aliphatic imine (C=N–C) groups is 1. The Hall–Kier alpha value is -0.570. The molecular formula is C25H51N3. The summed E-state index contributed by atoms with van der Waals surface area (Å²) in [4.78, 5) is 7.57. The number of hydrogen-bond donors (Lipinski definition) is 1. The van der Waals surface area contributed by atoms with E-state index >= 15 is 0 Å². The van der Waals surface area contributed by atoms with Gasteiger partial charge in [0.25, 0.3) is 0 Å². The highest BCUT2D eigenvalue weighted by Gasteiger charge is 2.32. The first kappa shape index (κ1) is 25.5. The second-order valence-electron chi connectivity index (χ2n) is 9.30. The van der Waals surface area contributed by atoms with Gasteiger partial charge in [0.1, 0.15) is 5.84 Å².